The molecule has 0 atom stereocenters. The SMILES string of the molecule is O=C(Nc1ccc2c(c1)CCCN2C(=O)C1CC1)c1ccncc1. The topological polar surface area (TPSA) is 62.3 Å². The number of rotatable bonds is 3. The lowest BCUT2D eigenvalue weighted by Crippen LogP contribution is -2.36. The van der Waals surface area contributed by atoms with E-state index in [1.807, 2.05) is 23.1 Å². The molecule has 1 fully saturated rings. The molecule has 24 heavy (non-hydrogen) atoms. The van der Waals surface area contributed by atoms with E-state index in [1.54, 1.807) is 24.5 Å². The van der Waals surface area contributed by atoms with Crippen LogP contribution in [0.1, 0.15) is 35.2 Å². The van der Waals surface area contributed by atoms with Gasteiger partial charge in [0.15, 0.2) is 0 Å². The molecule has 5 nitrogen and oxygen atoms in total. The molecule has 4 rings (SSSR count). The Bertz CT molecular complexity index is 784. The van der Waals surface area contributed by atoms with Gasteiger partial charge in [0.05, 0.1) is 0 Å². The molecular formula is C19H19N3O2. The normalized spacial score (nSPS) is 16.4. The third-order valence-corrected chi connectivity index (χ3v) is 4.59. The Morgan fingerprint density at radius 1 is 1.12 bits per heavy atom. The molecule has 1 aromatic carbocycles. The van der Waals surface area contributed by atoms with Gasteiger partial charge in [-0.25, -0.2) is 0 Å². The molecule has 1 aliphatic carbocycles. The molecule has 1 N–H and O–H groups in total. The van der Waals surface area contributed by atoms with Crippen molar-refractivity contribution in [3.63, 3.8) is 0 Å². The number of carbonyl (C=O) groups excluding carboxylic acids is 2. The number of carbonyl (C=O) groups is 2. The van der Waals surface area contributed by atoms with Crippen molar-refractivity contribution < 1.29 is 9.59 Å². The Morgan fingerprint density at radius 3 is 2.67 bits per heavy atom. The van der Waals surface area contributed by atoms with Crippen molar-refractivity contribution >= 4 is 23.2 Å². The summed E-state index contributed by atoms with van der Waals surface area (Å²) in [6.07, 6.45) is 7.14. The smallest absolute Gasteiger partial charge is 0.255 e. The Morgan fingerprint density at radius 2 is 1.92 bits per heavy atom. The Hall–Kier alpha value is -2.69. The molecule has 2 amide bonds. The van der Waals surface area contributed by atoms with Gasteiger partial charge in [-0.2, -0.15) is 0 Å². The summed E-state index contributed by atoms with van der Waals surface area (Å²) in [6, 6.07) is 9.18. The molecule has 0 spiro atoms. The quantitative estimate of drug-likeness (QED) is 0.945. The minimum Gasteiger partial charge on any atom is -0.322 e. The highest BCUT2D eigenvalue weighted by molar-refractivity contribution is 6.04. The first-order valence-electron chi connectivity index (χ1n) is 8.38. The zero-order valence-electron chi connectivity index (χ0n) is 13.4. The number of fused-ring (bicyclic) bond motifs is 1. The van der Waals surface area contributed by atoms with Gasteiger partial charge < -0.3 is 10.2 Å². The second kappa shape index (κ2) is 6.07. The predicted molar refractivity (Wildman–Crippen MR) is 92.0 cm³/mol. The average molecular weight is 321 g/mol. The molecule has 0 radical (unpaired) electrons. The maximum absolute atomic E-state index is 12.4. The summed E-state index contributed by atoms with van der Waals surface area (Å²) >= 11 is 0. The maximum Gasteiger partial charge on any atom is 0.255 e. The summed E-state index contributed by atoms with van der Waals surface area (Å²) in [7, 11) is 0. The number of pyridine rings is 1. The van der Waals surface area contributed by atoms with Gasteiger partial charge in [-0.05, 0) is 61.6 Å². The fourth-order valence-electron chi connectivity index (χ4n) is 3.16. The van der Waals surface area contributed by atoms with E-state index in [0.717, 1.165) is 49.2 Å². The van der Waals surface area contributed by atoms with Crippen molar-refractivity contribution in [2.45, 2.75) is 25.7 Å². The number of benzene rings is 1. The van der Waals surface area contributed by atoms with Gasteiger partial charge in [-0.15, -0.1) is 0 Å². The molecule has 2 aliphatic rings. The van der Waals surface area contributed by atoms with E-state index in [2.05, 4.69) is 10.3 Å². The third kappa shape index (κ3) is 2.89. The summed E-state index contributed by atoms with van der Waals surface area (Å²) < 4.78 is 0. The lowest BCUT2D eigenvalue weighted by molar-refractivity contribution is -0.119. The molecular weight excluding hydrogens is 302 g/mol. The molecule has 0 unspecified atom stereocenters. The predicted octanol–water partition coefficient (Wildman–Crippen LogP) is 3.02. The van der Waals surface area contributed by atoms with E-state index in [0.29, 0.717) is 5.56 Å². The maximum atomic E-state index is 12.4. The minimum atomic E-state index is -0.154. The largest absolute Gasteiger partial charge is 0.322 e. The monoisotopic (exact) mass is 321 g/mol. The van der Waals surface area contributed by atoms with Crippen molar-refractivity contribution in [2.24, 2.45) is 5.92 Å². The average Bonchev–Trinajstić information content (AvgIpc) is 3.46. The molecule has 1 saturated carbocycles. The Balaban J connectivity index is 1.55. The van der Waals surface area contributed by atoms with Crippen LogP contribution in [0, 0.1) is 5.92 Å². The van der Waals surface area contributed by atoms with Crippen LogP contribution in [0.25, 0.3) is 0 Å². The molecule has 2 heterocycles. The van der Waals surface area contributed by atoms with Crippen LogP contribution in [0.5, 0.6) is 0 Å². The number of amides is 2. The van der Waals surface area contributed by atoms with Crippen molar-refractivity contribution in [1.29, 1.82) is 0 Å². The first-order chi connectivity index (χ1) is 11.7. The number of hydrogen-bond donors (Lipinski definition) is 1. The van der Waals surface area contributed by atoms with Crippen LogP contribution < -0.4 is 10.2 Å². The van der Waals surface area contributed by atoms with Crippen molar-refractivity contribution in [3.05, 3.63) is 53.9 Å². The van der Waals surface area contributed by atoms with Gasteiger partial charge in [0.2, 0.25) is 5.91 Å². The van der Waals surface area contributed by atoms with Crippen LogP contribution in [0.4, 0.5) is 11.4 Å². The molecule has 5 heteroatoms. The molecule has 122 valence electrons. The zero-order valence-corrected chi connectivity index (χ0v) is 13.4. The fourth-order valence-corrected chi connectivity index (χ4v) is 3.16. The molecule has 1 aromatic heterocycles. The number of anilines is 2. The number of hydrogen-bond acceptors (Lipinski definition) is 3. The minimum absolute atomic E-state index is 0.154. The third-order valence-electron chi connectivity index (χ3n) is 4.59. The highest BCUT2D eigenvalue weighted by Gasteiger charge is 2.35. The summed E-state index contributed by atoms with van der Waals surface area (Å²) in [5, 5.41) is 2.92. The van der Waals surface area contributed by atoms with Gasteiger partial charge in [0, 0.05) is 41.8 Å². The van der Waals surface area contributed by atoms with Crippen LogP contribution in [0.3, 0.4) is 0 Å². The second-order valence-corrected chi connectivity index (χ2v) is 6.40. The molecule has 0 bridgehead atoms. The summed E-state index contributed by atoms with van der Waals surface area (Å²) in [4.78, 5) is 30.5. The lowest BCUT2D eigenvalue weighted by atomic mass is 10.0. The van der Waals surface area contributed by atoms with Crippen molar-refractivity contribution in [3.8, 4) is 0 Å². The van der Waals surface area contributed by atoms with E-state index in [4.69, 9.17) is 0 Å². The van der Waals surface area contributed by atoms with Crippen LogP contribution in [0.15, 0.2) is 42.7 Å². The second-order valence-electron chi connectivity index (χ2n) is 6.40. The van der Waals surface area contributed by atoms with Crippen molar-refractivity contribution in [1.82, 2.24) is 4.98 Å². The number of aryl methyl sites for hydroxylation is 1. The molecule has 2 aromatic rings. The first kappa shape index (κ1) is 14.9. The van der Waals surface area contributed by atoms with Crippen LogP contribution in [-0.2, 0) is 11.2 Å². The van der Waals surface area contributed by atoms with Gasteiger partial charge in [0.25, 0.3) is 5.91 Å². The van der Waals surface area contributed by atoms with Crippen LogP contribution in [0.2, 0.25) is 0 Å². The Kier molecular flexibility index (Phi) is 3.76. The standard InChI is InChI=1S/C19H19N3O2/c23-18(13-7-9-20-10-8-13)21-16-5-6-17-15(12-16)2-1-11-22(17)19(24)14-3-4-14/h5-10,12,14H,1-4,11H2,(H,21,23). The van der Waals surface area contributed by atoms with Crippen LogP contribution in [-0.4, -0.2) is 23.3 Å². The summed E-state index contributed by atoms with van der Waals surface area (Å²) in [6.45, 7) is 0.797. The van der Waals surface area contributed by atoms with E-state index in [9.17, 15) is 9.59 Å². The molecule has 0 saturated heterocycles. The first-order valence-corrected chi connectivity index (χ1v) is 8.38. The highest BCUT2D eigenvalue weighted by Crippen LogP contribution is 2.36. The number of nitrogens with one attached hydrogen (secondary N) is 1. The summed E-state index contributed by atoms with van der Waals surface area (Å²) in [5.74, 6) is 0.325. The van der Waals surface area contributed by atoms with Gasteiger partial charge >= 0.3 is 0 Å². The zero-order chi connectivity index (χ0) is 16.5. The van der Waals surface area contributed by atoms with Gasteiger partial charge in [-0.1, -0.05) is 0 Å². The number of nitrogens with zero attached hydrogens (tertiary/aromatic N) is 2. The van der Waals surface area contributed by atoms with E-state index in [-0.39, 0.29) is 17.7 Å². The van der Waals surface area contributed by atoms with E-state index < -0.39 is 0 Å². The lowest BCUT2D eigenvalue weighted by Gasteiger charge is -2.30. The number of aromatic nitrogens is 1. The fraction of sp³-hybridized carbons (Fsp3) is 0.316. The van der Waals surface area contributed by atoms with E-state index >= 15 is 0 Å². The van der Waals surface area contributed by atoms with E-state index in [1.165, 1.54) is 0 Å². The van der Waals surface area contributed by atoms with Gasteiger partial charge in [0.1, 0.15) is 0 Å². The Labute approximate surface area is 140 Å². The van der Waals surface area contributed by atoms with Crippen molar-refractivity contribution in [2.75, 3.05) is 16.8 Å². The van der Waals surface area contributed by atoms with Crippen LogP contribution >= 0.6 is 0 Å². The summed E-state index contributed by atoms with van der Waals surface area (Å²) in [5.41, 5.74) is 3.47. The molecule has 1 aliphatic heterocycles. The highest BCUT2D eigenvalue weighted by atomic mass is 16.2. The van der Waals surface area contributed by atoms with Gasteiger partial charge in [-0.3, -0.25) is 14.6 Å².